The number of nitrogens with zero attached hydrogens (tertiary/aromatic N) is 4. The number of rotatable bonds is 2. The highest BCUT2D eigenvalue weighted by molar-refractivity contribution is 5.51. The van der Waals surface area contributed by atoms with Crippen molar-refractivity contribution in [1.82, 2.24) is 4.90 Å². The second kappa shape index (κ2) is 5.69. The summed E-state index contributed by atoms with van der Waals surface area (Å²) in [6.45, 7) is 4.74. The van der Waals surface area contributed by atoms with Crippen molar-refractivity contribution < 1.29 is 4.39 Å². The van der Waals surface area contributed by atoms with Crippen molar-refractivity contribution in [3.63, 3.8) is 0 Å². The van der Waals surface area contributed by atoms with Gasteiger partial charge in [-0.25, -0.2) is 4.39 Å². The Morgan fingerprint density at radius 1 is 1.21 bits per heavy atom. The van der Waals surface area contributed by atoms with E-state index in [1.807, 2.05) is 17.9 Å². The van der Waals surface area contributed by atoms with E-state index in [-0.39, 0.29) is 11.9 Å². The van der Waals surface area contributed by atoms with Gasteiger partial charge in [-0.2, -0.15) is 10.5 Å². The molecule has 0 radical (unpaired) electrons. The van der Waals surface area contributed by atoms with Crippen molar-refractivity contribution in [2.75, 3.05) is 31.1 Å². The van der Waals surface area contributed by atoms with Crippen molar-refractivity contribution in [3.8, 4) is 12.1 Å². The maximum Gasteiger partial charge on any atom is 0.147 e. The fourth-order valence-electron chi connectivity index (χ4n) is 2.26. The number of piperazine rings is 1. The van der Waals surface area contributed by atoms with E-state index >= 15 is 0 Å². The molecule has 4 nitrogen and oxygen atoms in total. The molecule has 2 rings (SSSR count). The predicted octanol–water partition coefficient (Wildman–Crippen LogP) is 1.73. The summed E-state index contributed by atoms with van der Waals surface area (Å²) in [4.78, 5) is 4.04. The topological polar surface area (TPSA) is 54.1 Å². The first-order valence-corrected chi connectivity index (χ1v) is 6.24. The lowest BCUT2D eigenvalue weighted by Gasteiger charge is -2.37. The third-order valence-corrected chi connectivity index (χ3v) is 3.47. The van der Waals surface area contributed by atoms with Gasteiger partial charge in [0.15, 0.2) is 0 Å². The molecule has 1 heterocycles. The molecule has 1 atom stereocenters. The lowest BCUT2D eigenvalue weighted by Crippen LogP contribution is -2.49. The van der Waals surface area contributed by atoms with Crippen LogP contribution in [0.2, 0.25) is 0 Å². The fraction of sp³-hybridized carbons (Fsp3) is 0.429. The summed E-state index contributed by atoms with van der Waals surface area (Å²) in [7, 11) is 0. The minimum absolute atomic E-state index is 0.104. The van der Waals surface area contributed by atoms with Gasteiger partial charge in [0, 0.05) is 26.2 Å². The Balaban J connectivity index is 2.06. The molecular weight excluding hydrogens is 243 g/mol. The van der Waals surface area contributed by atoms with Gasteiger partial charge < -0.3 is 4.90 Å². The molecule has 1 aliphatic heterocycles. The second-order valence-corrected chi connectivity index (χ2v) is 4.61. The molecule has 0 N–H and O–H groups in total. The van der Waals surface area contributed by atoms with E-state index in [0.29, 0.717) is 24.3 Å². The summed E-state index contributed by atoms with van der Waals surface area (Å²) in [5.41, 5.74) is 0.862. The molecule has 19 heavy (non-hydrogen) atoms. The molecule has 0 aliphatic carbocycles. The van der Waals surface area contributed by atoms with Crippen LogP contribution in [0, 0.1) is 28.5 Å². The minimum atomic E-state index is -0.360. The van der Waals surface area contributed by atoms with Gasteiger partial charge in [0.05, 0.1) is 29.4 Å². The number of hydrogen-bond acceptors (Lipinski definition) is 4. The van der Waals surface area contributed by atoms with Crippen molar-refractivity contribution in [3.05, 3.63) is 29.6 Å². The lowest BCUT2D eigenvalue weighted by molar-refractivity contribution is 0.231. The van der Waals surface area contributed by atoms with Crippen LogP contribution in [0.5, 0.6) is 0 Å². The van der Waals surface area contributed by atoms with Crippen LogP contribution in [0.15, 0.2) is 18.2 Å². The van der Waals surface area contributed by atoms with Crippen LogP contribution in [0.4, 0.5) is 10.1 Å². The lowest BCUT2D eigenvalue weighted by atomic mass is 10.1. The quantitative estimate of drug-likeness (QED) is 0.810. The van der Waals surface area contributed by atoms with E-state index in [4.69, 9.17) is 10.5 Å². The minimum Gasteiger partial charge on any atom is -0.367 e. The predicted molar refractivity (Wildman–Crippen MR) is 70.0 cm³/mol. The maximum absolute atomic E-state index is 13.9. The van der Waals surface area contributed by atoms with Crippen molar-refractivity contribution in [2.45, 2.75) is 13.0 Å². The van der Waals surface area contributed by atoms with Crippen molar-refractivity contribution in [1.29, 1.82) is 10.5 Å². The monoisotopic (exact) mass is 258 g/mol. The van der Waals surface area contributed by atoms with Gasteiger partial charge in [-0.3, -0.25) is 4.90 Å². The Bertz CT molecular complexity index is 535. The highest BCUT2D eigenvalue weighted by Gasteiger charge is 2.22. The molecule has 5 heteroatoms. The van der Waals surface area contributed by atoms with Gasteiger partial charge >= 0.3 is 0 Å². The van der Waals surface area contributed by atoms with Gasteiger partial charge in [0.2, 0.25) is 0 Å². The molecule has 0 spiro atoms. The number of nitriles is 2. The van der Waals surface area contributed by atoms with Crippen LogP contribution < -0.4 is 4.90 Å². The van der Waals surface area contributed by atoms with Gasteiger partial charge in [0.25, 0.3) is 0 Å². The van der Waals surface area contributed by atoms with Gasteiger partial charge in [-0.15, -0.1) is 0 Å². The smallest absolute Gasteiger partial charge is 0.147 e. The second-order valence-electron chi connectivity index (χ2n) is 4.61. The third-order valence-electron chi connectivity index (χ3n) is 3.47. The van der Waals surface area contributed by atoms with Crippen LogP contribution in [0.3, 0.4) is 0 Å². The average molecular weight is 258 g/mol. The van der Waals surface area contributed by atoms with Gasteiger partial charge in [-0.1, -0.05) is 0 Å². The summed E-state index contributed by atoms with van der Waals surface area (Å²) < 4.78 is 13.9. The number of benzene rings is 1. The highest BCUT2D eigenvalue weighted by atomic mass is 19.1. The summed E-state index contributed by atoms with van der Waals surface area (Å²) in [5, 5.41) is 17.6. The Morgan fingerprint density at radius 2 is 1.89 bits per heavy atom. The SMILES string of the molecule is CC(C#N)N1CCN(c2ccc(C#N)cc2F)CC1. The van der Waals surface area contributed by atoms with Crippen molar-refractivity contribution in [2.24, 2.45) is 0 Å². The zero-order valence-corrected chi connectivity index (χ0v) is 10.8. The van der Waals surface area contributed by atoms with Crippen LogP contribution in [0.1, 0.15) is 12.5 Å². The largest absolute Gasteiger partial charge is 0.367 e. The molecule has 0 bridgehead atoms. The summed E-state index contributed by atoms with van der Waals surface area (Å²) in [6, 6.07) is 8.58. The molecule has 1 aromatic rings. The van der Waals surface area contributed by atoms with E-state index in [1.165, 1.54) is 6.07 Å². The molecule has 0 aromatic heterocycles. The highest BCUT2D eigenvalue weighted by Crippen LogP contribution is 2.22. The van der Waals surface area contributed by atoms with Gasteiger partial charge in [-0.05, 0) is 25.1 Å². The summed E-state index contributed by atoms with van der Waals surface area (Å²) >= 11 is 0. The van der Waals surface area contributed by atoms with Crippen LogP contribution >= 0.6 is 0 Å². The van der Waals surface area contributed by atoms with Crippen LogP contribution in [-0.2, 0) is 0 Å². The molecule has 98 valence electrons. The number of halogens is 1. The summed E-state index contributed by atoms with van der Waals surface area (Å²) in [6.07, 6.45) is 0. The molecule has 1 aliphatic rings. The first-order valence-electron chi connectivity index (χ1n) is 6.24. The Labute approximate surface area is 112 Å². The van der Waals surface area contributed by atoms with E-state index < -0.39 is 0 Å². The first-order chi connectivity index (χ1) is 9.15. The maximum atomic E-state index is 13.9. The molecule has 1 unspecified atom stereocenters. The first kappa shape index (κ1) is 13.3. The zero-order valence-electron chi connectivity index (χ0n) is 10.8. The van der Waals surface area contributed by atoms with Crippen LogP contribution in [0.25, 0.3) is 0 Å². The van der Waals surface area contributed by atoms with Gasteiger partial charge in [0.1, 0.15) is 5.82 Å². The standard InChI is InChI=1S/C14H15FN4/c1-11(9-16)18-4-6-19(7-5-18)14-3-2-12(10-17)8-13(14)15/h2-3,8,11H,4-7H2,1H3. The molecule has 0 amide bonds. The van der Waals surface area contributed by atoms with E-state index in [2.05, 4.69) is 11.0 Å². The number of hydrogen-bond donors (Lipinski definition) is 0. The van der Waals surface area contributed by atoms with E-state index in [9.17, 15) is 4.39 Å². The normalized spacial score (nSPS) is 17.6. The van der Waals surface area contributed by atoms with Crippen LogP contribution in [-0.4, -0.2) is 37.1 Å². The summed E-state index contributed by atoms with van der Waals surface area (Å²) in [5.74, 6) is -0.360. The molecule has 1 aromatic carbocycles. The third kappa shape index (κ3) is 2.83. The Morgan fingerprint density at radius 3 is 2.42 bits per heavy atom. The molecule has 1 fully saturated rings. The van der Waals surface area contributed by atoms with E-state index in [0.717, 1.165) is 13.1 Å². The Hall–Kier alpha value is -2.11. The Kier molecular flexibility index (Phi) is 3.99. The number of anilines is 1. The average Bonchev–Trinajstić information content (AvgIpc) is 2.46. The molecule has 0 saturated carbocycles. The zero-order chi connectivity index (χ0) is 13.8. The van der Waals surface area contributed by atoms with E-state index in [1.54, 1.807) is 12.1 Å². The molecular formula is C14H15FN4. The fourth-order valence-corrected chi connectivity index (χ4v) is 2.26. The van der Waals surface area contributed by atoms with Crippen molar-refractivity contribution >= 4 is 5.69 Å². The molecule has 1 saturated heterocycles.